The molecule has 1 amide bonds. The molecule has 0 aromatic heterocycles. The molecule has 13 heavy (non-hydrogen) atoms. The molecule has 0 radical (unpaired) electrons. The van der Waals surface area contributed by atoms with Crippen LogP contribution < -0.4 is 5.32 Å². The Morgan fingerprint density at radius 2 is 2.31 bits per heavy atom. The summed E-state index contributed by atoms with van der Waals surface area (Å²) in [7, 11) is 0. The molecule has 0 aromatic rings. The first-order valence-corrected chi connectivity index (χ1v) is 5.10. The molecule has 1 fully saturated rings. The van der Waals surface area contributed by atoms with Crippen LogP contribution >= 0.6 is 0 Å². The highest BCUT2D eigenvalue weighted by Crippen LogP contribution is 2.28. The SMILES string of the molecule is CC(=O)NC1CCC(CCCO)C1. The van der Waals surface area contributed by atoms with Gasteiger partial charge in [-0.1, -0.05) is 0 Å². The van der Waals surface area contributed by atoms with Crippen LogP contribution in [-0.4, -0.2) is 23.7 Å². The lowest BCUT2D eigenvalue weighted by Crippen LogP contribution is -2.30. The van der Waals surface area contributed by atoms with E-state index < -0.39 is 0 Å². The second-order valence-corrected chi connectivity index (χ2v) is 3.94. The van der Waals surface area contributed by atoms with E-state index in [1.165, 1.54) is 6.42 Å². The number of rotatable bonds is 4. The topological polar surface area (TPSA) is 49.3 Å². The third-order valence-corrected chi connectivity index (χ3v) is 2.72. The molecule has 0 spiro atoms. The van der Waals surface area contributed by atoms with Crippen molar-refractivity contribution in [2.24, 2.45) is 5.92 Å². The Kier molecular flexibility index (Phi) is 4.22. The van der Waals surface area contributed by atoms with Crippen LogP contribution in [0.25, 0.3) is 0 Å². The number of amides is 1. The predicted octanol–water partition coefficient (Wildman–Crippen LogP) is 1.06. The van der Waals surface area contributed by atoms with Crippen molar-refractivity contribution in [1.29, 1.82) is 0 Å². The number of nitrogens with one attached hydrogen (secondary N) is 1. The van der Waals surface area contributed by atoms with Gasteiger partial charge >= 0.3 is 0 Å². The van der Waals surface area contributed by atoms with Gasteiger partial charge in [0.1, 0.15) is 0 Å². The van der Waals surface area contributed by atoms with Gasteiger partial charge in [-0.2, -0.15) is 0 Å². The van der Waals surface area contributed by atoms with Gasteiger partial charge < -0.3 is 10.4 Å². The zero-order chi connectivity index (χ0) is 9.68. The van der Waals surface area contributed by atoms with Crippen LogP contribution in [0.4, 0.5) is 0 Å². The van der Waals surface area contributed by atoms with E-state index in [1.54, 1.807) is 6.92 Å². The van der Waals surface area contributed by atoms with E-state index in [2.05, 4.69) is 5.32 Å². The first-order valence-electron chi connectivity index (χ1n) is 5.10. The Bertz CT molecular complexity index is 170. The zero-order valence-corrected chi connectivity index (χ0v) is 8.25. The van der Waals surface area contributed by atoms with Crippen LogP contribution in [0.1, 0.15) is 39.0 Å². The highest BCUT2D eigenvalue weighted by Gasteiger charge is 2.24. The van der Waals surface area contributed by atoms with E-state index >= 15 is 0 Å². The van der Waals surface area contributed by atoms with Gasteiger partial charge in [0, 0.05) is 19.6 Å². The van der Waals surface area contributed by atoms with Gasteiger partial charge in [0.2, 0.25) is 5.91 Å². The smallest absolute Gasteiger partial charge is 0.217 e. The van der Waals surface area contributed by atoms with Crippen LogP contribution in [0.2, 0.25) is 0 Å². The monoisotopic (exact) mass is 185 g/mol. The Morgan fingerprint density at radius 3 is 2.92 bits per heavy atom. The summed E-state index contributed by atoms with van der Waals surface area (Å²) in [5.74, 6) is 0.789. The van der Waals surface area contributed by atoms with Gasteiger partial charge in [-0.3, -0.25) is 4.79 Å². The molecule has 0 bridgehead atoms. The number of aliphatic hydroxyl groups is 1. The highest BCUT2D eigenvalue weighted by molar-refractivity contribution is 5.73. The van der Waals surface area contributed by atoms with Crippen molar-refractivity contribution in [3.8, 4) is 0 Å². The summed E-state index contributed by atoms with van der Waals surface area (Å²) in [5, 5.41) is 11.6. The molecular formula is C10H19NO2. The van der Waals surface area contributed by atoms with Gasteiger partial charge in [0.15, 0.2) is 0 Å². The number of carbonyl (C=O) groups excluding carboxylic acids is 1. The molecule has 1 aliphatic carbocycles. The van der Waals surface area contributed by atoms with Crippen LogP contribution in [0.15, 0.2) is 0 Å². The fourth-order valence-electron chi connectivity index (χ4n) is 2.14. The van der Waals surface area contributed by atoms with Gasteiger partial charge in [0.05, 0.1) is 0 Å². The van der Waals surface area contributed by atoms with E-state index in [0.717, 1.165) is 25.7 Å². The number of hydrogen-bond donors (Lipinski definition) is 2. The summed E-state index contributed by atoms with van der Waals surface area (Å²) < 4.78 is 0. The van der Waals surface area contributed by atoms with Gasteiger partial charge in [-0.25, -0.2) is 0 Å². The highest BCUT2D eigenvalue weighted by atomic mass is 16.2. The second-order valence-electron chi connectivity index (χ2n) is 3.94. The van der Waals surface area contributed by atoms with Crippen molar-refractivity contribution < 1.29 is 9.90 Å². The Labute approximate surface area is 79.5 Å². The molecule has 0 heterocycles. The van der Waals surface area contributed by atoms with E-state index in [4.69, 9.17) is 5.11 Å². The quantitative estimate of drug-likeness (QED) is 0.688. The average molecular weight is 185 g/mol. The maximum Gasteiger partial charge on any atom is 0.217 e. The number of hydrogen-bond acceptors (Lipinski definition) is 2. The molecule has 1 rings (SSSR count). The second kappa shape index (κ2) is 5.22. The molecule has 3 nitrogen and oxygen atoms in total. The summed E-state index contributed by atoms with van der Waals surface area (Å²) >= 11 is 0. The van der Waals surface area contributed by atoms with Crippen LogP contribution in [0.3, 0.4) is 0 Å². The molecule has 1 saturated carbocycles. The average Bonchev–Trinajstić information content (AvgIpc) is 2.48. The van der Waals surface area contributed by atoms with Crippen molar-refractivity contribution >= 4 is 5.91 Å². The summed E-state index contributed by atoms with van der Waals surface area (Å²) in [5.41, 5.74) is 0. The summed E-state index contributed by atoms with van der Waals surface area (Å²) in [4.78, 5) is 10.8. The molecule has 76 valence electrons. The van der Waals surface area contributed by atoms with Crippen LogP contribution in [0.5, 0.6) is 0 Å². The Hall–Kier alpha value is -0.570. The van der Waals surface area contributed by atoms with Crippen molar-refractivity contribution in [3.05, 3.63) is 0 Å². The van der Waals surface area contributed by atoms with Crippen molar-refractivity contribution in [2.45, 2.75) is 45.1 Å². The minimum atomic E-state index is 0.0767. The third kappa shape index (κ3) is 3.77. The van der Waals surface area contributed by atoms with Gasteiger partial charge in [0.25, 0.3) is 0 Å². The fourth-order valence-corrected chi connectivity index (χ4v) is 2.14. The van der Waals surface area contributed by atoms with E-state index in [0.29, 0.717) is 18.6 Å². The summed E-state index contributed by atoms with van der Waals surface area (Å²) in [6.45, 7) is 1.86. The lowest BCUT2D eigenvalue weighted by Gasteiger charge is -2.11. The Morgan fingerprint density at radius 1 is 1.54 bits per heavy atom. The first kappa shape index (κ1) is 10.5. The van der Waals surface area contributed by atoms with Crippen molar-refractivity contribution in [1.82, 2.24) is 5.32 Å². The molecular weight excluding hydrogens is 166 g/mol. The molecule has 2 atom stereocenters. The van der Waals surface area contributed by atoms with Crippen LogP contribution in [0, 0.1) is 5.92 Å². The first-order chi connectivity index (χ1) is 6.22. The maximum absolute atomic E-state index is 10.8. The molecule has 0 aromatic carbocycles. The molecule has 3 heteroatoms. The molecule has 0 saturated heterocycles. The lowest BCUT2D eigenvalue weighted by atomic mass is 10.0. The standard InChI is InChI=1S/C10H19NO2/c1-8(13)11-10-5-4-9(7-10)3-2-6-12/h9-10,12H,2-7H2,1H3,(H,11,13). The third-order valence-electron chi connectivity index (χ3n) is 2.72. The van der Waals surface area contributed by atoms with E-state index in [-0.39, 0.29) is 5.91 Å². The van der Waals surface area contributed by atoms with Gasteiger partial charge in [-0.05, 0) is 38.0 Å². The molecule has 2 N–H and O–H groups in total. The number of aliphatic hydroxyl groups excluding tert-OH is 1. The van der Waals surface area contributed by atoms with Crippen molar-refractivity contribution in [2.75, 3.05) is 6.61 Å². The van der Waals surface area contributed by atoms with E-state index in [1.807, 2.05) is 0 Å². The zero-order valence-electron chi connectivity index (χ0n) is 8.25. The van der Waals surface area contributed by atoms with E-state index in [9.17, 15) is 4.79 Å². The molecule has 1 aliphatic rings. The predicted molar refractivity (Wildman–Crippen MR) is 51.3 cm³/mol. The largest absolute Gasteiger partial charge is 0.396 e. The summed E-state index contributed by atoms with van der Waals surface area (Å²) in [6.07, 6.45) is 5.41. The van der Waals surface area contributed by atoms with Crippen LogP contribution in [-0.2, 0) is 4.79 Å². The molecule has 0 aliphatic heterocycles. The maximum atomic E-state index is 10.8. The molecule has 2 unspecified atom stereocenters. The number of carbonyl (C=O) groups is 1. The summed E-state index contributed by atoms with van der Waals surface area (Å²) in [6, 6.07) is 0.390. The normalized spacial score (nSPS) is 27.5. The van der Waals surface area contributed by atoms with Crippen molar-refractivity contribution in [3.63, 3.8) is 0 Å². The van der Waals surface area contributed by atoms with Gasteiger partial charge in [-0.15, -0.1) is 0 Å². The minimum absolute atomic E-state index is 0.0767. The lowest BCUT2D eigenvalue weighted by molar-refractivity contribution is -0.119. The Balaban J connectivity index is 2.16. The fraction of sp³-hybridized carbons (Fsp3) is 0.900. The minimum Gasteiger partial charge on any atom is -0.396 e.